The van der Waals surface area contributed by atoms with Crippen molar-refractivity contribution in [1.29, 1.82) is 0 Å². The Labute approximate surface area is 105 Å². The zero-order chi connectivity index (χ0) is 13.3. The Kier molecular flexibility index (Phi) is 8.97. The van der Waals surface area contributed by atoms with Gasteiger partial charge in [-0.15, -0.1) is 0 Å². The van der Waals surface area contributed by atoms with Crippen LogP contribution in [0.5, 0.6) is 0 Å². The molecular weight excluding hydrogens is 242 g/mol. The summed E-state index contributed by atoms with van der Waals surface area (Å²) in [4.78, 5) is 10.9. The highest BCUT2D eigenvalue weighted by atomic mass is 28.4. The standard InChI is InChI=1S/C10H25NO5Si/c1-7-10(11(15-8-2)16-9-3)17(12-4,13-5)14-6/h10H,7-9H2,1-6H3. The predicted molar refractivity (Wildman–Crippen MR) is 66.0 cm³/mol. The van der Waals surface area contributed by atoms with Crippen LogP contribution in [0.1, 0.15) is 27.2 Å². The molecule has 0 fully saturated rings. The molecule has 1 unspecified atom stereocenters. The van der Waals surface area contributed by atoms with E-state index in [2.05, 4.69) is 0 Å². The van der Waals surface area contributed by atoms with Crippen molar-refractivity contribution in [2.24, 2.45) is 0 Å². The summed E-state index contributed by atoms with van der Waals surface area (Å²) in [5, 5.41) is 1.45. The van der Waals surface area contributed by atoms with E-state index >= 15 is 0 Å². The van der Waals surface area contributed by atoms with Gasteiger partial charge in [0.2, 0.25) is 0 Å². The SMILES string of the molecule is CCON(OCC)C(CC)[Si](OC)(OC)OC. The third-order valence-electron chi connectivity index (χ3n) is 2.42. The van der Waals surface area contributed by atoms with Crippen molar-refractivity contribution in [3.8, 4) is 0 Å². The molecule has 0 aliphatic carbocycles. The summed E-state index contributed by atoms with van der Waals surface area (Å²) in [7, 11) is 1.94. The second-order valence-corrected chi connectivity index (χ2v) is 6.36. The highest BCUT2D eigenvalue weighted by molar-refractivity contribution is 6.62. The molecule has 0 aromatic rings. The summed E-state index contributed by atoms with van der Waals surface area (Å²) in [6.07, 6.45) is 0.738. The van der Waals surface area contributed by atoms with E-state index in [1.807, 2.05) is 20.8 Å². The van der Waals surface area contributed by atoms with Crippen molar-refractivity contribution in [1.82, 2.24) is 5.23 Å². The first-order chi connectivity index (χ1) is 8.15. The molecule has 0 heterocycles. The average Bonchev–Trinajstić information content (AvgIpc) is 2.36. The molecule has 1 atom stereocenters. The van der Waals surface area contributed by atoms with Gasteiger partial charge in [0.1, 0.15) is 5.67 Å². The predicted octanol–water partition coefficient (Wildman–Crippen LogP) is 1.39. The van der Waals surface area contributed by atoms with Gasteiger partial charge in [0.15, 0.2) is 0 Å². The lowest BCUT2D eigenvalue weighted by atomic mass is 10.5. The van der Waals surface area contributed by atoms with Gasteiger partial charge in [0.05, 0.1) is 13.2 Å². The first-order valence-electron chi connectivity index (χ1n) is 5.86. The summed E-state index contributed by atoms with van der Waals surface area (Å²) in [5.74, 6) is 0. The second kappa shape index (κ2) is 8.98. The fourth-order valence-electron chi connectivity index (χ4n) is 1.66. The lowest BCUT2D eigenvalue weighted by Crippen LogP contribution is -2.61. The van der Waals surface area contributed by atoms with Crippen molar-refractivity contribution >= 4 is 8.80 Å². The van der Waals surface area contributed by atoms with Gasteiger partial charge in [-0.2, -0.15) is 0 Å². The molecule has 0 aliphatic heterocycles. The van der Waals surface area contributed by atoms with Crippen LogP contribution in [0, 0.1) is 0 Å². The number of hydrogen-bond acceptors (Lipinski definition) is 6. The van der Waals surface area contributed by atoms with E-state index in [4.69, 9.17) is 23.0 Å². The van der Waals surface area contributed by atoms with E-state index in [9.17, 15) is 0 Å². The van der Waals surface area contributed by atoms with Gasteiger partial charge in [-0.05, 0) is 20.3 Å². The van der Waals surface area contributed by atoms with Gasteiger partial charge in [0, 0.05) is 21.3 Å². The number of hydroxylamine groups is 2. The Morgan fingerprint density at radius 2 is 1.29 bits per heavy atom. The van der Waals surface area contributed by atoms with E-state index in [0.29, 0.717) is 13.2 Å². The van der Waals surface area contributed by atoms with Gasteiger partial charge < -0.3 is 13.3 Å². The van der Waals surface area contributed by atoms with Crippen molar-refractivity contribution in [3.05, 3.63) is 0 Å². The van der Waals surface area contributed by atoms with E-state index in [-0.39, 0.29) is 5.67 Å². The Hall–Kier alpha value is -0.0231. The number of hydrogen-bond donors (Lipinski definition) is 0. The maximum Gasteiger partial charge on any atom is 0.523 e. The Balaban J connectivity index is 4.94. The highest BCUT2D eigenvalue weighted by Gasteiger charge is 2.51. The van der Waals surface area contributed by atoms with Crippen LogP contribution in [0.4, 0.5) is 0 Å². The zero-order valence-corrected chi connectivity index (χ0v) is 12.7. The average molecular weight is 267 g/mol. The molecular formula is C10H25NO5Si. The maximum atomic E-state index is 5.46. The molecule has 0 saturated heterocycles. The van der Waals surface area contributed by atoms with Crippen LogP contribution < -0.4 is 0 Å². The molecule has 104 valence electrons. The molecule has 0 rings (SSSR count). The van der Waals surface area contributed by atoms with Crippen molar-refractivity contribution in [2.75, 3.05) is 34.5 Å². The van der Waals surface area contributed by atoms with Crippen molar-refractivity contribution < 1.29 is 23.0 Å². The third kappa shape index (κ3) is 4.29. The first-order valence-corrected chi connectivity index (χ1v) is 7.66. The fourth-order valence-corrected chi connectivity index (χ4v) is 3.88. The Morgan fingerprint density at radius 3 is 1.53 bits per heavy atom. The van der Waals surface area contributed by atoms with Gasteiger partial charge in [-0.1, -0.05) is 12.2 Å². The summed E-state index contributed by atoms with van der Waals surface area (Å²) in [6, 6.07) is 0. The van der Waals surface area contributed by atoms with Crippen LogP contribution in [0.2, 0.25) is 0 Å². The summed E-state index contributed by atoms with van der Waals surface area (Å²) in [5.41, 5.74) is -0.192. The van der Waals surface area contributed by atoms with E-state index in [0.717, 1.165) is 6.42 Å². The van der Waals surface area contributed by atoms with Gasteiger partial charge in [-0.25, -0.2) is 0 Å². The molecule has 0 radical (unpaired) electrons. The van der Waals surface area contributed by atoms with Crippen LogP contribution in [0.3, 0.4) is 0 Å². The largest absolute Gasteiger partial charge is 0.523 e. The molecule has 0 bridgehead atoms. The van der Waals surface area contributed by atoms with Crippen LogP contribution in [-0.2, 0) is 23.0 Å². The minimum absolute atomic E-state index is 0.192. The van der Waals surface area contributed by atoms with Crippen LogP contribution in [0.15, 0.2) is 0 Å². The van der Waals surface area contributed by atoms with E-state index < -0.39 is 8.80 Å². The molecule has 0 saturated carbocycles. The van der Waals surface area contributed by atoms with Crippen LogP contribution in [0.25, 0.3) is 0 Å². The van der Waals surface area contributed by atoms with E-state index in [1.165, 1.54) is 5.23 Å². The van der Waals surface area contributed by atoms with Crippen LogP contribution in [-0.4, -0.2) is 54.2 Å². The Morgan fingerprint density at radius 1 is 0.882 bits per heavy atom. The van der Waals surface area contributed by atoms with Crippen molar-refractivity contribution in [2.45, 2.75) is 32.9 Å². The molecule has 7 heteroatoms. The molecule has 0 N–H and O–H groups in total. The lowest BCUT2D eigenvalue weighted by Gasteiger charge is -2.36. The molecule has 0 amide bonds. The summed E-state index contributed by atoms with van der Waals surface area (Å²) in [6.45, 7) is 6.83. The van der Waals surface area contributed by atoms with Gasteiger partial charge in [-0.3, -0.25) is 9.68 Å². The van der Waals surface area contributed by atoms with Gasteiger partial charge in [0.25, 0.3) is 0 Å². The molecule has 0 aromatic heterocycles. The highest BCUT2D eigenvalue weighted by Crippen LogP contribution is 2.21. The Bertz CT molecular complexity index is 177. The summed E-state index contributed by atoms with van der Waals surface area (Å²) < 4.78 is 16.4. The smallest absolute Gasteiger partial charge is 0.376 e. The lowest BCUT2D eigenvalue weighted by molar-refractivity contribution is -0.379. The molecule has 6 nitrogen and oxygen atoms in total. The zero-order valence-electron chi connectivity index (χ0n) is 11.7. The van der Waals surface area contributed by atoms with Gasteiger partial charge >= 0.3 is 8.80 Å². The minimum atomic E-state index is -2.81. The molecule has 0 aliphatic rings. The number of nitrogens with zero attached hydrogens (tertiary/aromatic N) is 1. The molecule has 17 heavy (non-hydrogen) atoms. The quantitative estimate of drug-likeness (QED) is 0.440. The van der Waals surface area contributed by atoms with Crippen molar-refractivity contribution in [3.63, 3.8) is 0 Å². The van der Waals surface area contributed by atoms with E-state index in [1.54, 1.807) is 21.3 Å². The molecule has 0 aromatic carbocycles. The summed E-state index contributed by atoms with van der Waals surface area (Å²) >= 11 is 0. The first kappa shape index (κ1) is 17.0. The fraction of sp³-hybridized carbons (Fsp3) is 1.00. The molecule has 0 spiro atoms. The maximum absolute atomic E-state index is 5.46. The third-order valence-corrected chi connectivity index (χ3v) is 5.56. The second-order valence-electron chi connectivity index (χ2n) is 3.26. The van der Waals surface area contributed by atoms with Crippen LogP contribution >= 0.6 is 0 Å². The monoisotopic (exact) mass is 267 g/mol. The topological polar surface area (TPSA) is 49.4 Å². The number of rotatable bonds is 10. The normalized spacial score (nSPS) is 14.3. The minimum Gasteiger partial charge on any atom is -0.376 e.